The van der Waals surface area contributed by atoms with Crippen molar-refractivity contribution in [3.8, 4) is 0 Å². The molecule has 0 amide bonds. The lowest BCUT2D eigenvalue weighted by atomic mass is 9.98. The van der Waals surface area contributed by atoms with E-state index in [9.17, 15) is 21.6 Å². The van der Waals surface area contributed by atoms with Gasteiger partial charge in [-0.1, -0.05) is 6.92 Å². The molecule has 154 valence electrons. The van der Waals surface area contributed by atoms with Crippen LogP contribution in [0.3, 0.4) is 0 Å². The minimum Gasteiger partial charge on any atom is -0.356 e. The number of nitrogens with zero attached hydrogens (tertiary/aromatic N) is 2. The number of thiophene rings is 1. The summed E-state index contributed by atoms with van der Waals surface area (Å²) in [7, 11) is -3.57. The number of hydrogen-bond donors (Lipinski definition) is 2. The molecule has 0 spiro atoms. The minimum absolute atomic E-state index is 0.0941. The van der Waals surface area contributed by atoms with Crippen LogP contribution >= 0.6 is 11.3 Å². The van der Waals surface area contributed by atoms with Crippen LogP contribution in [0, 0.1) is 5.92 Å². The lowest BCUT2D eigenvalue weighted by Gasteiger charge is -2.31. The summed E-state index contributed by atoms with van der Waals surface area (Å²) in [5.41, 5.74) is -5.23. The normalized spacial score (nSPS) is 17.9. The predicted octanol–water partition coefficient (Wildman–Crippen LogP) is 2.54. The average Bonchev–Trinajstić information content (AvgIpc) is 3.09. The van der Waals surface area contributed by atoms with Gasteiger partial charge in [-0.3, -0.25) is 4.99 Å². The van der Waals surface area contributed by atoms with Gasteiger partial charge in [0.25, 0.3) is 0 Å². The Kier molecular flexibility index (Phi) is 7.52. The summed E-state index contributed by atoms with van der Waals surface area (Å²) in [6.07, 6.45) is 1.76. The maximum absolute atomic E-state index is 12.6. The van der Waals surface area contributed by atoms with Gasteiger partial charge in [-0.2, -0.15) is 17.5 Å². The van der Waals surface area contributed by atoms with E-state index in [0.29, 0.717) is 36.2 Å². The summed E-state index contributed by atoms with van der Waals surface area (Å²) in [4.78, 5) is 6.65. The fraction of sp³-hybridized carbons (Fsp3) is 0.688. The van der Waals surface area contributed by atoms with Crippen LogP contribution < -0.4 is 10.6 Å². The summed E-state index contributed by atoms with van der Waals surface area (Å²) >= 11 is 1.74. The molecule has 0 saturated carbocycles. The van der Waals surface area contributed by atoms with E-state index in [4.69, 9.17) is 0 Å². The molecular formula is C16H25F3N4O2S2. The zero-order chi connectivity index (χ0) is 20.1. The van der Waals surface area contributed by atoms with Crippen molar-refractivity contribution in [3.05, 3.63) is 21.9 Å². The van der Waals surface area contributed by atoms with Crippen LogP contribution in [-0.2, 0) is 23.0 Å². The Balaban J connectivity index is 1.76. The van der Waals surface area contributed by atoms with E-state index in [2.05, 4.69) is 34.7 Å². The van der Waals surface area contributed by atoms with Crippen LogP contribution in [0.15, 0.2) is 17.1 Å². The Morgan fingerprint density at radius 3 is 2.41 bits per heavy atom. The molecule has 1 aliphatic rings. The van der Waals surface area contributed by atoms with Gasteiger partial charge in [-0.25, -0.2) is 8.42 Å². The number of hydrogen-bond acceptors (Lipinski definition) is 4. The van der Waals surface area contributed by atoms with Gasteiger partial charge in [0.1, 0.15) is 0 Å². The standard InChI is InChI=1S/C16H25F3N4O2S2/c1-3-13-4-5-14(26-13)11-22-15(20-2)21-10-12-6-8-23(9-7-12)27(24,25)16(17,18)19/h4-5,12H,3,6-11H2,1-2H3,(H2,20,21,22). The Morgan fingerprint density at radius 1 is 1.26 bits per heavy atom. The molecule has 2 heterocycles. The van der Waals surface area contributed by atoms with Crippen LogP contribution in [-0.4, -0.2) is 50.9 Å². The van der Waals surface area contributed by atoms with Gasteiger partial charge in [0.15, 0.2) is 5.96 Å². The highest BCUT2D eigenvalue weighted by Gasteiger charge is 2.50. The van der Waals surface area contributed by atoms with E-state index in [1.54, 1.807) is 18.4 Å². The van der Waals surface area contributed by atoms with Gasteiger partial charge in [0.05, 0.1) is 6.54 Å². The molecule has 0 bridgehead atoms. The maximum atomic E-state index is 12.6. The first-order valence-corrected chi connectivity index (χ1v) is 11.0. The van der Waals surface area contributed by atoms with Crippen molar-refractivity contribution in [1.82, 2.24) is 14.9 Å². The Bertz CT molecular complexity index is 739. The van der Waals surface area contributed by atoms with Crippen molar-refractivity contribution in [2.45, 2.75) is 38.2 Å². The summed E-state index contributed by atoms with van der Waals surface area (Å²) < 4.78 is 61.2. The molecule has 1 aromatic rings. The third kappa shape index (κ3) is 5.82. The number of guanidine groups is 1. The van der Waals surface area contributed by atoms with E-state index in [1.807, 2.05) is 0 Å². The van der Waals surface area contributed by atoms with Gasteiger partial charge in [0.2, 0.25) is 0 Å². The van der Waals surface area contributed by atoms with Crippen LogP contribution in [0.4, 0.5) is 13.2 Å². The monoisotopic (exact) mass is 426 g/mol. The summed E-state index contributed by atoms with van der Waals surface area (Å²) in [5, 5.41) is 6.38. The molecule has 0 aromatic carbocycles. The first-order valence-electron chi connectivity index (χ1n) is 8.76. The number of nitrogens with one attached hydrogen (secondary N) is 2. The van der Waals surface area contributed by atoms with Crippen molar-refractivity contribution >= 4 is 27.3 Å². The first kappa shape index (κ1) is 22.0. The molecule has 0 radical (unpaired) electrons. The molecule has 11 heteroatoms. The number of aliphatic imine (C=N–C) groups is 1. The van der Waals surface area contributed by atoms with Crippen molar-refractivity contribution < 1.29 is 21.6 Å². The molecule has 1 aliphatic heterocycles. The van der Waals surface area contributed by atoms with Crippen LogP contribution in [0.5, 0.6) is 0 Å². The molecule has 6 nitrogen and oxygen atoms in total. The Morgan fingerprint density at radius 2 is 1.89 bits per heavy atom. The van der Waals surface area contributed by atoms with Gasteiger partial charge in [0, 0.05) is 36.4 Å². The highest BCUT2D eigenvalue weighted by Crippen LogP contribution is 2.30. The second-order valence-corrected chi connectivity index (χ2v) is 9.50. The molecule has 2 rings (SSSR count). The van der Waals surface area contributed by atoms with E-state index in [-0.39, 0.29) is 19.0 Å². The molecule has 2 N–H and O–H groups in total. The van der Waals surface area contributed by atoms with Gasteiger partial charge in [-0.15, -0.1) is 11.3 Å². The van der Waals surface area contributed by atoms with Crippen molar-refractivity contribution in [1.29, 1.82) is 0 Å². The van der Waals surface area contributed by atoms with E-state index in [1.165, 1.54) is 9.75 Å². The van der Waals surface area contributed by atoms with Crippen molar-refractivity contribution in [2.24, 2.45) is 10.9 Å². The number of alkyl halides is 3. The lowest BCUT2D eigenvalue weighted by molar-refractivity contribution is -0.0496. The minimum atomic E-state index is -5.23. The summed E-state index contributed by atoms with van der Waals surface area (Å²) in [6.45, 7) is 3.05. The first-order chi connectivity index (χ1) is 12.7. The summed E-state index contributed by atoms with van der Waals surface area (Å²) in [6, 6.07) is 4.17. The molecule has 0 atom stereocenters. The molecule has 1 aromatic heterocycles. The lowest BCUT2D eigenvalue weighted by Crippen LogP contribution is -2.47. The molecule has 1 saturated heterocycles. The SMILES string of the molecule is CCc1ccc(CNC(=NC)NCC2CCN(S(=O)(=O)C(F)(F)F)CC2)s1. The third-order valence-electron chi connectivity index (χ3n) is 4.48. The Labute approximate surface area is 161 Å². The second kappa shape index (κ2) is 9.24. The third-order valence-corrected chi connectivity index (χ3v) is 7.34. The van der Waals surface area contributed by atoms with Crippen LogP contribution in [0.2, 0.25) is 0 Å². The van der Waals surface area contributed by atoms with Gasteiger partial charge in [-0.05, 0) is 37.3 Å². The number of aryl methyl sites for hydroxylation is 1. The zero-order valence-corrected chi connectivity index (χ0v) is 17.0. The molecule has 0 unspecified atom stereocenters. The number of piperidine rings is 1. The highest BCUT2D eigenvalue weighted by molar-refractivity contribution is 7.90. The van der Waals surface area contributed by atoms with Crippen molar-refractivity contribution in [2.75, 3.05) is 26.7 Å². The smallest absolute Gasteiger partial charge is 0.356 e. The van der Waals surface area contributed by atoms with Crippen molar-refractivity contribution in [3.63, 3.8) is 0 Å². The topological polar surface area (TPSA) is 73.8 Å². The second-order valence-electron chi connectivity index (χ2n) is 6.32. The summed E-state index contributed by atoms with van der Waals surface area (Å²) in [5.74, 6) is 0.712. The predicted molar refractivity (Wildman–Crippen MR) is 101 cm³/mol. The Hall–Kier alpha value is -1.33. The number of rotatable bonds is 6. The highest BCUT2D eigenvalue weighted by atomic mass is 32.2. The fourth-order valence-corrected chi connectivity index (χ4v) is 4.72. The molecule has 0 aliphatic carbocycles. The average molecular weight is 427 g/mol. The van der Waals surface area contributed by atoms with Crippen LogP contribution in [0.25, 0.3) is 0 Å². The molecule has 27 heavy (non-hydrogen) atoms. The number of sulfonamides is 1. The van der Waals surface area contributed by atoms with E-state index < -0.39 is 15.5 Å². The molecule has 1 fully saturated rings. The quantitative estimate of drug-likeness (QED) is 0.542. The van der Waals surface area contributed by atoms with Crippen LogP contribution in [0.1, 0.15) is 29.5 Å². The van der Waals surface area contributed by atoms with E-state index in [0.717, 1.165) is 6.42 Å². The van der Waals surface area contributed by atoms with E-state index >= 15 is 0 Å². The largest absolute Gasteiger partial charge is 0.511 e. The maximum Gasteiger partial charge on any atom is 0.511 e. The fourth-order valence-electron chi connectivity index (χ4n) is 2.84. The van der Waals surface area contributed by atoms with Gasteiger partial charge >= 0.3 is 15.5 Å². The van der Waals surface area contributed by atoms with Gasteiger partial charge < -0.3 is 10.6 Å². The zero-order valence-electron chi connectivity index (χ0n) is 15.3. The molecular weight excluding hydrogens is 401 g/mol. The number of halogens is 3.